The minimum Gasteiger partial charge on any atom is -0.486 e. The standard InChI is InChI=1S/C27H16Cl3NO3S/c28-19-8-10-20(11-9-19)31-26(32)24(35-27(31)33)14-16-12-22(29)25(23(30)13-16)34-15-18-6-3-5-17-4-1-2-7-21(17)18/h1-14H,15H2/b24-14+. The zero-order valence-corrected chi connectivity index (χ0v) is 21.1. The summed E-state index contributed by atoms with van der Waals surface area (Å²) in [6.07, 6.45) is 1.59. The van der Waals surface area contributed by atoms with E-state index in [1.807, 2.05) is 42.5 Å². The van der Waals surface area contributed by atoms with E-state index < -0.39 is 11.1 Å². The number of carbonyl (C=O) groups excluding carboxylic acids is 2. The van der Waals surface area contributed by atoms with Gasteiger partial charge in [-0.1, -0.05) is 77.3 Å². The maximum atomic E-state index is 12.9. The molecule has 4 nitrogen and oxygen atoms in total. The van der Waals surface area contributed by atoms with E-state index >= 15 is 0 Å². The lowest BCUT2D eigenvalue weighted by atomic mass is 10.1. The van der Waals surface area contributed by atoms with Crippen LogP contribution in [0, 0.1) is 0 Å². The Kier molecular flexibility index (Phi) is 6.76. The monoisotopic (exact) mass is 539 g/mol. The van der Waals surface area contributed by atoms with Crippen LogP contribution in [0.25, 0.3) is 16.8 Å². The van der Waals surface area contributed by atoms with Crippen LogP contribution in [-0.2, 0) is 11.4 Å². The fourth-order valence-corrected chi connectivity index (χ4v) is 5.38. The van der Waals surface area contributed by atoms with Crippen molar-refractivity contribution in [2.24, 2.45) is 0 Å². The van der Waals surface area contributed by atoms with Crippen LogP contribution < -0.4 is 9.64 Å². The Morgan fingerprint density at radius 1 is 0.857 bits per heavy atom. The predicted molar refractivity (Wildman–Crippen MR) is 145 cm³/mol. The van der Waals surface area contributed by atoms with Gasteiger partial charge in [-0.25, -0.2) is 4.90 Å². The molecular formula is C27H16Cl3NO3S. The summed E-state index contributed by atoms with van der Waals surface area (Å²) in [6, 6.07) is 23.9. The number of fused-ring (bicyclic) bond motifs is 1. The topological polar surface area (TPSA) is 46.6 Å². The minimum atomic E-state index is -0.425. The first-order valence-corrected chi connectivity index (χ1v) is 12.5. The maximum Gasteiger partial charge on any atom is 0.298 e. The molecular weight excluding hydrogens is 525 g/mol. The summed E-state index contributed by atoms with van der Waals surface area (Å²) in [5.74, 6) is -0.0708. The molecule has 4 aromatic rings. The number of amides is 2. The average molecular weight is 541 g/mol. The Hall–Kier alpha value is -2.96. The van der Waals surface area contributed by atoms with Gasteiger partial charge < -0.3 is 4.74 Å². The molecule has 0 aromatic heterocycles. The van der Waals surface area contributed by atoms with E-state index in [1.54, 1.807) is 42.5 Å². The summed E-state index contributed by atoms with van der Waals surface area (Å²) < 4.78 is 5.98. The molecule has 0 radical (unpaired) electrons. The van der Waals surface area contributed by atoms with Gasteiger partial charge in [0.05, 0.1) is 20.6 Å². The van der Waals surface area contributed by atoms with Crippen molar-refractivity contribution in [2.45, 2.75) is 6.61 Å². The zero-order chi connectivity index (χ0) is 24.5. The fraction of sp³-hybridized carbons (Fsp3) is 0.0370. The van der Waals surface area contributed by atoms with Crippen LogP contribution in [0.3, 0.4) is 0 Å². The number of anilines is 1. The zero-order valence-electron chi connectivity index (χ0n) is 18.0. The van der Waals surface area contributed by atoms with Gasteiger partial charge in [0, 0.05) is 5.02 Å². The third kappa shape index (κ3) is 4.91. The molecule has 1 saturated heterocycles. The number of carbonyl (C=O) groups is 2. The van der Waals surface area contributed by atoms with Gasteiger partial charge in [-0.2, -0.15) is 0 Å². The molecule has 1 fully saturated rings. The highest BCUT2D eigenvalue weighted by atomic mass is 35.5. The second-order valence-corrected chi connectivity index (χ2v) is 9.98. The van der Waals surface area contributed by atoms with Crippen molar-refractivity contribution < 1.29 is 14.3 Å². The van der Waals surface area contributed by atoms with Gasteiger partial charge in [-0.3, -0.25) is 9.59 Å². The summed E-state index contributed by atoms with van der Waals surface area (Å²) in [6.45, 7) is 0.292. The molecule has 0 N–H and O–H groups in total. The number of thioether (sulfide) groups is 1. The molecule has 174 valence electrons. The van der Waals surface area contributed by atoms with Crippen molar-refractivity contribution in [1.29, 1.82) is 0 Å². The smallest absolute Gasteiger partial charge is 0.298 e. The first-order valence-electron chi connectivity index (χ1n) is 10.5. The molecule has 5 rings (SSSR count). The molecule has 0 atom stereocenters. The molecule has 0 aliphatic carbocycles. The summed E-state index contributed by atoms with van der Waals surface area (Å²) in [5, 5.41) is 2.95. The first kappa shape index (κ1) is 23.8. The molecule has 4 aromatic carbocycles. The van der Waals surface area contributed by atoms with Crippen LogP contribution in [0.5, 0.6) is 5.75 Å². The fourth-order valence-electron chi connectivity index (χ4n) is 3.80. The number of nitrogens with zero attached hydrogens (tertiary/aromatic N) is 1. The molecule has 0 unspecified atom stereocenters. The summed E-state index contributed by atoms with van der Waals surface area (Å²) in [5.41, 5.74) is 2.04. The predicted octanol–water partition coefficient (Wildman–Crippen LogP) is 8.62. The van der Waals surface area contributed by atoms with E-state index in [0.29, 0.717) is 38.7 Å². The van der Waals surface area contributed by atoms with Gasteiger partial charge in [-0.05, 0) is 76.1 Å². The van der Waals surface area contributed by atoms with E-state index in [2.05, 4.69) is 0 Å². The molecule has 0 bridgehead atoms. The number of rotatable bonds is 5. The number of benzene rings is 4. The Bertz CT molecular complexity index is 1470. The third-order valence-electron chi connectivity index (χ3n) is 5.45. The quantitative estimate of drug-likeness (QED) is 0.238. The van der Waals surface area contributed by atoms with Gasteiger partial charge in [0.25, 0.3) is 11.1 Å². The second kappa shape index (κ2) is 9.96. The Labute approximate surface area is 221 Å². The summed E-state index contributed by atoms with van der Waals surface area (Å²) in [7, 11) is 0. The van der Waals surface area contributed by atoms with E-state index in [4.69, 9.17) is 39.5 Å². The summed E-state index contributed by atoms with van der Waals surface area (Å²) >= 11 is 19.7. The van der Waals surface area contributed by atoms with E-state index in [1.165, 1.54) is 0 Å². The van der Waals surface area contributed by atoms with E-state index in [0.717, 1.165) is 33.0 Å². The molecule has 2 amide bonds. The maximum absolute atomic E-state index is 12.9. The van der Waals surface area contributed by atoms with E-state index in [9.17, 15) is 9.59 Å². The molecule has 35 heavy (non-hydrogen) atoms. The minimum absolute atomic E-state index is 0.265. The first-order chi connectivity index (χ1) is 16.9. The molecule has 8 heteroatoms. The lowest BCUT2D eigenvalue weighted by Crippen LogP contribution is -2.27. The van der Waals surface area contributed by atoms with Crippen molar-refractivity contribution in [3.8, 4) is 5.75 Å². The number of hydrogen-bond acceptors (Lipinski definition) is 4. The normalized spacial score (nSPS) is 14.8. The average Bonchev–Trinajstić information content (AvgIpc) is 3.11. The van der Waals surface area contributed by atoms with Crippen LogP contribution in [0.15, 0.2) is 83.8 Å². The Balaban J connectivity index is 1.37. The van der Waals surface area contributed by atoms with Crippen LogP contribution in [0.4, 0.5) is 10.5 Å². The lowest BCUT2D eigenvalue weighted by molar-refractivity contribution is -0.113. The van der Waals surface area contributed by atoms with Gasteiger partial charge in [0.1, 0.15) is 6.61 Å². The number of hydrogen-bond donors (Lipinski definition) is 0. The largest absolute Gasteiger partial charge is 0.486 e. The molecule has 1 heterocycles. The van der Waals surface area contributed by atoms with Crippen molar-refractivity contribution in [3.63, 3.8) is 0 Å². The van der Waals surface area contributed by atoms with Crippen LogP contribution in [-0.4, -0.2) is 11.1 Å². The molecule has 0 saturated carbocycles. The van der Waals surface area contributed by atoms with Gasteiger partial charge in [0.2, 0.25) is 0 Å². The van der Waals surface area contributed by atoms with Crippen molar-refractivity contribution in [2.75, 3.05) is 4.90 Å². The highest BCUT2D eigenvalue weighted by molar-refractivity contribution is 8.19. The van der Waals surface area contributed by atoms with Crippen molar-refractivity contribution >= 4 is 80.2 Å². The Morgan fingerprint density at radius 3 is 2.29 bits per heavy atom. The van der Waals surface area contributed by atoms with Crippen molar-refractivity contribution in [3.05, 3.63) is 110 Å². The van der Waals surface area contributed by atoms with Crippen LogP contribution in [0.2, 0.25) is 15.1 Å². The van der Waals surface area contributed by atoms with Crippen LogP contribution >= 0.6 is 46.6 Å². The number of ether oxygens (including phenoxy) is 1. The Morgan fingerprint density at radius 2 is 1.54 bits per heavy atom. The third-order valence-corrected chi connectivity index (χ3v) is 7.13. The number of imide groups is 1. The van der Waals surface area contributed by atoms with Gasteiger partial charge in [0.15, 0.2) is 5.75 Å². The molecule has 1 aliphatic heterocycles. The van der Waals surface area contributed by atoms with E-state index in [-0.39, 0.29) is 4.91 Å². The SMILES string of the molecule is O=C1S/C(=C/c2cc(Cl)c(OCc3cccc4ccccc34)c(Cl)c2)C(=O)N1c1ccc(Cl)cc1. The second-order valence-electron chi connectivity index (χ2n) is 7.73. The lowest BCUT2D eigenvalue weighted by Gasteiger charge is -2.13. The van der Waals surface area contributed by atoms with Crippen molar-refractivity contribution in [1.82, 2.24) is 0 Å². The molecule has 1 aliphatic rings. The van der Waals surface area contributed by atoms with Crippen LogP contribution in [0.1, 0.15) is 11.1 Å². The number of halogens is 3. The molecule has 0 spiro atoms. The van der Waals surface area contributed by atoms with Gasteiger partial charge in [-0.15, -0.1) is 0 Å². The highest BCUT2D eigenvalue weighted by Gasteiger charge is 2.36. The van der Waals surface area contributed by atoms with Gasteiger partial charge >= 0.3 is 0 Å². The highest BCUT2D eigenvalue weighted by Crippen LogP contribution is 2.39. The summed E-state index contributed by atoms with van der Waals surface area (Å²) in [4.78, 5) is 26.8.